The molecule has 3 nitrogen and oxygen atoms in total. The third-order valence-electron chi connectivity index (χ3n) is 2.67. The number of rotatable bonds is 4. The molecule has 19 heavy (non-hydrogen) atoms. The molecule has 2 aromatic heterocycles. The molecule has 100 valence electrons. The fraction of sp³-hybridized carbons (Fsp3) is 0.286. The molecule has 1 atom stereocenters. The summed E-state index contributed by atoms with van der Waals surface area (Å²) in [6, 6.07) is 7.76. The predicted octanol–water partition coefficient (Wildman–Crippen LogP) is 3.58. The molecule has 1 amide bonds. The molecule has 0 aliphatic carbocycles. The van der Waals surface area contributed by atoms with Crippen molar-refractivity contribution in [2.45, 2.75) is 26.3 Å². The zero-order valence-electron chi connectivity index (χ0n) is 10.8. The number of aromatic nitrogens is 1. The summed E-state index contributed by atoms with van der Waals surface area (Å²) in [5, 5.41) is 3.00. The molecule has 0 aliphatic rings. The van der Waals surface area contributed by atoms with E-state index in [1.165, 1.54) is 9.75 Å². The SMILES string of the molecule is Cc1ccc(CC(C)NC(=O)c2ccnc(Br)c2)s1. The molecule has 2 rings (SSSR count). The average Bonchev–Trinajstić information content (AvgIpc) is 2.74. The largest absolute Gasteiger partial charge is 0.349 e. The van der Waals surface area contributed by atoms with Gasteiger partial charge >= 0.3 is 0 Å². The van der Waals surface area contributed by atoms with Crippen LogP contribution in [0, 0.1) is 6.92 Å². The van der Waals surface area contributed by atoms with Gasteiger partial charge in [0.05, 0.1) is 0 Å². The molecule has 0 aromatic carbocycles. The van der Waals surface area contributed by atoms with Crippen LogP contribution in [0.15, 0.2) is 35.1 Å². The molecule has 0 spiro atoms. The van der Waals surface area contributed by atoms with Crippen LogP contribution in [-0.2, 0) is 6.42 Å². The fourth-order valence-electron chi connectivity index (χ4n) is 1.80. The van der Waals surface area contributed by atoms with Crippen LogP contribution in [0.25, 0.3) is 0 Å². The van der Waals surface area contributed by atoms with Gasteiger partial charge in [0, 0.05) is 34.0 Å². The van der Waals surface area contributed by atoms with Gasteiger partial charge in [-0.2, -0.15) is 0 Å². The summed E-state index contributed by atoms with van der Waals surface area (Å²) in [5.74, 6) is -0.0659. The molecule has 0 radical (unpaired) electrons. The van der Waals surface area contributed by atoms with Gasteiger partial charge in [-0.15, -0.1) is 11.3 Å². The number of hydrogen-bond donors (Lipinski definition) is 1. The van der Waals surface area contributed by atoms with Crippen molar-refractivity contribution in [3.63, 3.8) is 0 Å². The van der Waals surface area contributed by atoms with E-state index in [9.17, 15) is 4.79 Å². The Balaban J connectivity index is 1.95. The first kappa shape index (κ1) is 14.2. The van der Waals surface area contributed by atoms with Crippen LogP contribution in [0.4, 0.5) is 0 Å². The molecule has 2 aromatic rings. The molecule has 0 bridgehead atoms. The standard InChI is InChI=1S/C14H15BrN2OS/c1-9(7-12-4-3-10(2)19-12)17-14(18)11-5-6-16-13(15)8-11/h3-6,8-9H,7H2,1-2H3,(H,17,18). The van der Waals surface area contributed by atoms with E-state index in [1.54, 1.807) is 29.7 Å². The predicted molar refractivity (Wildman–Crippen MR) is 81.6 cm³/mol. The van der Waals surface area contributed by atoms with Gasteiger partial charge in [-0.3, -0.25) is 4.79 Å². The Morgan fingerprint density at radius 1 is 1.47 bits per heavy atom. The summed E-state index contributed by atoms with van der Waals surface area (Å²) >= 11 is 5.04. The molecular weight excluding hydrogens is 324 g/mol. The highest BCUT2D eigenvalue weighted by Crippen LogP contribution is 2.17. The van der Waals surface area contributed by atoms with E-state index in [-0.39, 0.29) is 11.9 Å². The second-order valence-electron chi connectivity index (χ2n) is 4.46. The summed E-state index contributed by atoms with van der Waals surface area (Å²) in [7, 11) is 0. The number of pyridine rings is 1. The van der Waals surface area contributed by atoms with Crippen LogP contribution >= 0.6 is 27.3 Å². The lowest BCUT2D eigenvalue weighted by atomic mass is 10.2. The summed E-state index contributed by atoms with van der Waals surface area (Å²) in [4.78, 5) is 18.6. The van der Waals surface area contributed by atoms with E-state index >= 15 is 0 Å². The maximum atomic E-state index is 12.0. The lowest BCUT2D eigenvalue weighted by Crippen LogP contribution is -2.33. The van der Waals surface area contributed by atoms with E-state index in [0.717, 1.165) is 6.42 Å². The fourth-order valence-corrected chi connectivity index (χ4v) is 3.18. The third kappa shape index (κ3) is 4.14. The van der Waals surface area contributed by atoms with Gasteiger partial charge in [0.2, 0.25) is 0 Å². The number of carbonyl (C=O) groups excluding carboxylic acids is 1. The Kier molecular flexibility index (Phi) is 4.71. The molecule has 0 saturated heterocycles. The normalized spacial score (nSPS) is 12.2. The zero-order chi connectivity index (χ0) is 13.8. The van der Waals surface area contributed by atoms with Crippen LogP contribution in [0.5, 0.6) is 0 Å². The first-order chi connectivity index (χ1) is 9.04. The van der Waals surface area contributed by atoms with Gasteiger partial charge in [0.1, 0.15) is 4.60 Å². The Hall–Kier alpha value is -1.20. The Morgan fingerprint density at radius 2 is 2.26 bits per heavy atom. The van der Waals surface area contributed by atoms with E-state index in [0.29, 0.717) is 10.2 Å². The molecule has 0 aliphatic heterocycles. The van der Waals surface area contributed by atoms with Crippen molar-refractivity contribution in [1.29, 1.82) is 0 Å². The van der Waals surface area contributed by atoms with Crippen molar-refractivity contribution in [1.82, 2.24) is 10.3 Å². The summed E-state index contributed by atoms with van der Waals surface area (Å²) in [5.41, 5.74) is 0.621. The van der Waals surface area contributed by atoms with Crippen molar-refractivity contribution in [3.8, 4) is 0 Å². The highest BCUT2D eigenvalue weighted by molar-refractivity contribution is 9.10. The van der Waals surface area contributed by atoms with Crippen LogP contribution in [0.1, 0.15) is 27.0 Å². The lowest BCUT2D eigenvalue weighted by molar-refractivity contribution is 0.0940. The summed E-state index contributed by atoms with van der Waals surface area (Å²) in [6.45, 7) is 4.11. The van der Waals surface area contributed by atoms with E-state index in [2.05, 4.69) is 45.3 Å². The van der Waals surface area contributed by atoms with Gasteiger partial charge in [-0.05, 0) is 54.0 Å². The first-order valence-electron chi connectivity index (χ1n) is 6.02. The quantitative estimate of drug-likeness (QED) is 0.865. The number of hydrogen-bond acceptors (Lipinski definition) is 3. The summed E-state index contributed by atoms with van der Waals surface area (Å²) < 4.78 is 0.668. The van der Waals surface area contributed by atoms with Crippen molar-refractivity contribution >= 4 is 33.2 Å². The molecular formula is C14H15BrN2OS. The van der Waals surface area contributed by atoms with Crippen LogP contribution in [0.2, 0.25) is 0 Å². The monoisotopic (exact) mass is 338 g/mol. The Morgan fingerprint density at radius 3 is 2.89 bits per heavy atom. The van der Waals surface area contributed by atoms with Crippen LogP contribution in [-0.4, -0.2) is 16.9 Å². The molecule has 2 heterocycles. The second kappa shape index (κ2) is 6.30. The van der Waals surface area contributed by atoms with Gasteiger partial charge in [-0.1, -0.05) is 0 Å². The second-order valence-corrected chi connectivity index (χ2v) is 6.64. The van der Waals surface area contributed by atoms with E-state index < -0.39 is 0 Å². The Bertz CT molecular complexity index is 582. The number of nitrogens with one attached hydrogen (secondary N) is 1. The van der Waals surface area contributed by atoms with E-state index in [4.69, 9.17) is 0 Å². The van der Waals surface area contributed by atoms with Crippen molar-refractivity contribution in [3.05, 3.63) is 50.4 Å². The number of thiophene rings is 1. The van der Waals surface area contributed by atoms with Gasteiger partial charge < -0.3 is 5.32 Å². The molecule has 5 heteroatoms. The number of halogens is 1. The maximum Gasteiger partial charge on any atom is 0.251 e. The third-order valence-corrected chi connectivity index (χ3v) is 4.13. The smallest absolute Gasteiger partial charge is 0.251 e. The number of amides is 1. The summed E-state index contributed by atoms with van der Waals surface area (Å²) in [6.07, 6.45) is 2.47. The van der Waals surface area contributed by atoms with Crippen molar-refractivity contribution in [2.75, 3.05) is 0 Å². The average molecular weight is 339 g/mol. The Labute approximate surface area is 125 Å². The topological polar surface area (TPSA) is 42.0 Å². The molecule has 0 saturated carbocycles. The van der Waals surface area contributed by atoms with Crippen LogP contribution < -0.4 is 5.32 Å². The van der Waals surface area contributed by atoms with Crippen LogP contribution in [0.3, 0.4) is 0 Å². The van der Waals surface area contributed by atoms with Gasteiger partial charge in [0.15, 0.2) is 0 Å². The van der Waals surface area contributed by atoms with Crippen molar-refractivity contribution < 1.29 is 4.79 Å². The number of nitrogens with zero attached hydrogens (tertiary/aromatic N) is 1. The minimum absolute atomic E-state index is 0.0659. The van der Waals surface area contributed by atoms with Gasteiger partial charge in [-0.25, -0.2) is 4.98 Å². The van der Waals surface area contributed by atoms with Gasteiger partial charge in [0.25, 0.3) is 5.91 Å². The van der Waals surface area contributed by atoms with Crippen molar-refractivity contribution in [2.24, 2.45) is 0 Å². The molecule has 0 fully saturated rings. The highest BCUT2D eigenvalue weighted by atomic mass is 79.9. The highest BCUT2D eigenvalue weighted by Gasteiger charge is 2.11. The number of aryl methyl sites for hydroxylation is 1. The lowest BCUT2D eigenvalue weighted by Gasteiger charge is -2.13. The minimum Gasteiger partial charge on any atom is -0.349 e. The molecule has 1 unspecified atom stereocenters. The van der Waals surface area contributed by atoms with E-state index in [1.807, 2.05) is 6.92 Å². The molecule has 1 N–H and O–H groups in total. The minimum atomic E-state index is -0.0659. The zero-order valence-corrected chi connectivity index (χ0v) is 13.2. The number of carbonyl (C=O) groups is 1. The maximum absolute atomic E-state index is 12.0. The first-order valence-corrected chi connectivity index (χ1v) is 7.63.